The van der Waals surface area contributed by atoms with Crippen molar-refractivity contribution in [2.45, 2.75) is 25.5 Å². The first-order valence-electron chi connectivity index (χ1n) is 10.0. The maximum Gasteiger partial charge on any atom is 0.338 e. The largest absolute Gasteiger partial charge is 0.479 e. The monoisotopic (exact) mass is 418 g/mol. The average Bonchev–Trinajstić information content (AvgIpc) is 3.32. The molecule has 3 aromatic heterocycles. The molecule has 0 saturated carbocycles. The summed E-state index contributed by atoms with van der Waals surface area (Å²) < 4.78 is 18.1. The molecule has 4 heterocycles. The minimum Gasteiger partial charge on any atom is -0.479 e. The smallest absolute Gasteiger partial charge is 0.338 e. The Hall–Kier alpha value is -3.70. The zero-order valence-corrected chi connectivity index (χ0v) is 17.2. The molecule has 8 heteroatoms. The highest BCUT2D eigenvalue weighted by atomic mass is 16.5. The number of hydrogen-bond donors (Lipinski definition) is 0. The fourth-order valence-electron chi connectivity index (χ4n) is 3.27. The van der Waals surface area contributed by atoms with E-state index in [1.165, 1.54) is 13.3 Å². The lowest BCUT2D eigenvalue weighted by molar-refractivity contribution is -0.0384. The first-order valence-corrected chi connectivity index (χ1v) is 10.0. The molecule has 0 aromatic carbocycles. The summed E-state index contributed by atoms with van der Waals surface area (Å²) >= 11 is 0. The van der Waals surface area contributed by atoms with Crippen molar-refractivity contribution in [1.29, 1.82) is 0 Å². The van der Waals surface area contributed by atoms with E-state index in [9.17, 15) is 4.79 Å². The van der Waals surface area contributed by atoms with Crippen molar-refractivity contribution in [3.8, 4) is 29.0 Å². The summed E-state index contributed by atoms with van der Waals surface area (Å²) in [5, 5.41) is 4.42. The average molecular weight is 418 g/mol. The van der Waals surface area contributed by atoms with Gasteiger partial charge in [0.05, 0.1) is 30.3 Å². The van der Waals surface area contributed by atoms with Gasteiger partial charge in [0.1, 0.15) is 18.1 Å². The number of aromatic nitrogens is 4. The minimum atomic E-state index is -0.427. The highest BCUT2D eigenvalue weighted by molar-refractivity contribution is 5.89. The van der Waals surface area contributed by atoms with E-state index in [4.69, 9.17) is 14.2 Å². The van der Waals surface area contributed by atoms with Crippen LogP contribution in [-0.2, 0) is 9.47 Å². The van der Waals surface area contributed by atoms with E-state index in [2.05, 4.69) is 26.9 Å². The van der Waals surface area contributed by atoms with E-state index in [0.29, 0.717) is 17.0 Å². The Morgan fingerprint density at radius 2 is 2.16 bits per heavy atom. The summed E-state index contributed by atoms with van der Waals surface area (Å²) in [7, 11) is 1.33. The highest BCUT2D eigenvalue weighted by Gasteiger charge is 2.20. The van der Waals surface area contributed by atoms with E-state index < -0.39 is 5.97 Å². The number of pyridine rings is 2. The summed E-state index contributed by atoms with van der Waals surface area (Å²) in [4.78, 5) is 20.2. The second-order valence-electron chi connectivity index (χ2n) is 6.87. The van der Waals surface area contributed by atoms with Crippen LogP contribution >= 0.6 is 0 Å². The third kappa shape index (κ3) is 5.08. The lowest BCUT2D eigenvalue weighted by atomic mass is 10.2. The van der Waals surface area contributed by atoms with Crippen LogP contribution in [0.2, 0.25) is 0 Å². The van der Waals surface area contributed by atoms with E-state index in [1.807, 2.05) is 22.9 Å². The number of rotatable bonds is 5. The topological polar surface area (TPSA) is 88.4 Å². The molecule has 8 nitrogen and oxygen atoms in total. The molecule has 0 spiro atoms. The van der Waals surface area contributed by atoms with Crippen molar-refractivity contribution in [2.24, 2.45) is 0 Å². The fourth-order valence-corrected chi connectivity index (χ4v) is 3.27. The Morgan fingerprint density at radius 1 is 1.23 bits per heavy atom. The summed E-state index contributed by atoms with van der Waals surface area (Å²) in [6.45, 7) is 0.923. The summed E-state index contributed by atoms with van der Waals surface area (Å²) in [6, 6.07) is 8.82. The molecular weight excluding hydrogens is 396 g/mol. The van der Waals surface area contributed by atoms with Crippen molar-refractivity contribution < 1.29 is 19.0 Å². The summed E-state index contributed by atoms with van der Waals surface area (Å²) in [5.74, 6) is 5.93. The summed E-state index contributed by atoms with van der Waals surface area (Å²) in [5.41, 5.74) is 2.59. The van der Waals surface area contributed by atoms with Crippen molar-refractivity contribution in [3.63, 3.8) is 0 Å². The van der Waals surface area contributed by atoms with Gasteiger partial charge in [-0.1, -0.05) is 5.92 Å². The fraction of sp³-hybridized carbons (Fsp3) is 0.304. The Balaban J connectivity index is 1.37. The number of esters is 1. The van der Waals surface area contributed by atoms with Crippen molar-refractivity contribution in [1.82, 2.24) is 19.7 Å². The Morgan fingerprint density at radius 3 is 2.94 bits per heavy atom. The molecule has 1 fully saturated rings. The maximum absolute atomic E-state index is 11.6. The number of methoxy groups -OCH3 is 1. The van der Waals surface area contributed by atoms with Gasteiger partial charge in [0, 0.05) is 19.0 Å². The number of hydrogen-bond acceptors (Lipinski definition) is 7. The maximum atomic E-state index is 11.6. The second kappa shape index (κ2) is 9.87. The molecule has 158 valence electrons. The molecule has 1 aliphatic rings. The molecule has 31 heavy (non-hydrogen) atoms. The SMILES string of the molecule is COC(=O)c1ccnc(C#CCOc2ccc(-c3ccnn3C3CCCCO3)nc2)c1. The lowest BCUT2D eigenvalue weighted by Gasteiger charge is -2.24. The zero-order valence-electron chi connectivity index (χ0n) is 17.2. The Bertz CT molecular complexity index is 1090. The van der Waals surface area contributed by atoms with Crippen LogP contribution in [-0.4, -0.2) is 46.0 Å². The normalized spacial score (nSPS) is 15.6. The van der Waals surface area contributed by atoms with Gasteiger partial charge in [-0.25, -0.2) is 14.5 Å². The first-order chi connectivity index (χ1) is 15.2. The van der Waals surface area contributed by atoms with E-state index in [1.54, 1.807) is 24.5 Å². The van der Waals surface area contributed by atoms with Crippen LogP contribution in [0.1, 0.15) is 41.5 Å². The first kappa shape index (κ1) is 20.6. The van der Waals surface area contributed by atoms with Gasteiger partial charge in [-0.2, -0.15) is 5.10 Å². The lowest BCUT2D eigenvalue weighted by Crippen LogP contribution is -2.20. The van der Waals surface area contributed by atoms with Crippen LogP contribution in [0.3, 0.4) is 0 Å². The van der Waals surface area contributed by atoms with Crippen molar-refractivity contribution in [3.05, 3.63) is 60.2 Å². The molecule has 1 saturated heterocycles. The van der Waals surface area contributed by atoms with Crippen molar-refractivity contribution >= 4 is 5.97 Å². The van der Waals surface area contributed by atoms with Gasteiger partial charge in [-0.15, -0.1) is 0 Å². The molecule has 1 atom stereocenters. The van der Waals surface area contributed by atoms with Gasteiger partial charge >= 0.3 is 5.97 Å². The van der Waals surface area contributed by atoms with Crippen LogP contribution in [0.5, 0.6) is 5.75 Å². The molecule has 1 aliphatic heterocycles. The highest BCUT2D eigenvalue weighted by Crippen LogP contribution is 2.27. The number of nitrogens with zero attached hydrogens (tertiary/aromatic N) is 4. The third-order valence-electron chi connectivity index (χ3n) is 4.81. The number of carbonyl (C=O) groups is 1. The predicted molar refractivity (Wildman–Crippen MR) is 112 cm³/mol. The van der Waals surface area contributed by atoms with Gasteiger partial charge in [0.25, 0.3) is 0 Å². The third-order valence-corrected chi connectivity index (χ3v) is 4.81. The van der Waals surface area contributed by atoms with Crippen LogP contribution in [0.15, 0.2) is 48.9 Å². The predicted octanol–water partition coefficient (Wildman–Crippen LogP) is 3.26. The van der Waals surface area contributed by atoms with E-state index in [0.717, 1.165) is 37.3 Å². The van der Waals surface area contributed by atoms with Gasteiger partial charge in [-0.05, 0) is 55.5 Å². The molecule has 3 aromatic rings. The standard InChI is InChI=1S/C23H22N4O4/c1-29-23(28)17-9-11-24-18(15-17)5-4-14-30-19-7-8-20(25-16-19)21-10-12-26-27(21)22-6-2-3-13-31-22/h7-12,15-16,22H,2-3,6,13-14H2,1H3. The molecule has 0 radical (unpaired) electrons. The molecular formula is C23H22N4O4. The number of carbonyl (C=O) groups excluding carboxylic acids is 1. The number of ether oxygens (including phenoxy) is 3. The molecule has 0 amide bonds. The van der Waals surface area contributed by atoms with Crippen LogP contribution in [0.4, 0.5) is 0 Å². The Labute approximate surface area is 180 Å². The van der Waals surface area contributed by atoms with Gasteiger partial charge < -0.3 is 14.2 Å². The van der Waals surface area contributed by atoms with Crippen LogP contribution in [0, 0.1) is 11.8 Å². The second-order valence-corrected chi connectivity index (χ2v) is 6.87. The zero-order chi connectivity index (χ0) is 21.5. The quantitative estimate of drug-likeness (QED) is 0.464. The van der Waals surface area contributed by atoms with E-state index in [-0.39, 0.29) is 12.8 Å². The van der Waals surface area contributed by atoms with Gasteiger partial charge in [0.2, 0.25) is 0 Å². The van der Waals surface area contributed by atoms with Crippen molar-refractivity contribution in [2.75, 3.05) is 20.3 Å². The van der Waals surface area contributed by atoms with Gasteiger partial charge in [0.15, 0.2) is 6.23 Å². The molecule has 1 unspecified atom stereocenters. The minimum absolute atomic E-state index is 0.0435. The summed E-state index contributed by atoms with van der Waals surface area (Å²) in [6.07, 6.45) is 8.07. The van der Waals surface area contributed by atoms with Crippen LogP contribution in [0.25, 0.3) is 11.4 Å². The van der Waals surface area contributed by atoms with Crippen LogP contribution < -0.4 is 4.74 Å². The Kier molecular flexibility index (Phi) is 6.55. The van der Waals surface area contributed by atoms with Gasteiger partial charge in [-0.3, -0.25) is 4.98 Å². The molecule has 0 aliphatic carbocycles. The molecule has 0 N–H and O–H groups in total. The molecule has 0 bridgehead atoms. The van der Waals surface area contributed by atoms with E-state index >= 15 is 0 Å². The molecule has 4 rings (SSSR count).